The van der Waals surface area contributed by atoms with Crippen LogP contribution in [0.4, 0.5) is 0 Å². The van der Waals surface area contributed by atoms with Crippen LogP contribution in [0.25, 0.3) is 0 Å². The van der Waals surface area contributed by atoms with E-state index >= 15 is 0 Å². The molecule has 1 aliphatic carbocycles. The predicted octanol–water partition coefficient (Wildman–Crippen LogP) is 2.86. The second-order valence-corrected chi connectivity index (χ2v) is 7.02. The highest BCUT2D eigenvalue weighted by molar-refractivity contribution is 6.00. The summed E-state index contributed by atoms with van der Waals surface area (Å²) in [7, 11) is 1.98. The molecule has 6 nitrogen and oxygen atoms in total. The standard InChI is InChI=1S/C21H21N5O/c1-3-27-15-6-4-14(5-7-15)19-18-11-26(2)9-8-16(18)17(10-22)20(25)21(19,12-23)13-24/h4-8,17-19,25H,3,9,11H2,1-2H3/t17-,18-,19-/m0/s1. The molecule has 0 spiro atoms. The zero-order valence-corrected chi connectivity index (χ0v) is 15.4. The van der Waals surface area contributed by atoms with Crippen LogP contribution < -0.4 is 4.74 Å². The normalized spacial score (nSPS) is 26.7. The molecule has 27 heavy (non-hydrogen) atoms. The van der Waals surface area contributed by atoms with Crippen molar-refractivity contribution in [1.82, 2.24) is 4.90 Å². The summed E-state index contributed by atoms with van der Waals surface area (Å²) in [5.74, 6) is -0.769. The third-order valence-electron chi connectivity index (χ3n) is 5.52. The number of nitrogens with zero attached hydrogens (tertiary/aromatic N) is 4. The lowest BCUT2D eigenvalue weighted by Gasteiger charge is -2.47. The maximum Gasteiger partial charge on any atom is 0.189 e. The number of hydrogen-bond donors (Lipinski definition) is 1. The van der Waals surface area contributed by atoms with Crippen LogP contribution in [0.5, 0.6) is 5.75 Å². The molecule has 1 saturated carbocycles. The van der Waals surface area contributed by atoms with Crippen molar-refractivity contribution in [2.45, 2.75) is 12.8 Å². The van der Waals surface area contributed by atoms with Gasteiger partial charge in [-0.05, 0) is 37.2 Å². The number of benzene rings is 1. The van der Waals surface area contributed by atoms with Gasteiger partial charge in [-0.25, -0.2) is 0 Å². The molecular weight excluding hydrogens is 338 g/mol. The summed E-state index contributed by atoms with van der Waals surface area (Å²) in [4.78, 5) is 2.11. The van der Waals surface area contributed by atoms with Gasteiger partial charge in [-0.1, -0.05) is 18.2 Å². The fraction of sp³-hybridized carbons (Fsp3) is 0.429. The second-order valence-electron chi connectivity index (χ2n) is 7.02. The van der Waals surface area contributed by atoms with Crippen LogP contribution >= 0.6 is 0 Å². The van der Waals surface area contributed by atoms with Gasteiger partial charge in [0.1, 0.15) is 11.7 Å². The molecule has 136 valence electrons. The average molecular weight is 359 g/mol. The van der Waals surface area contributed by atoms with Crippen molar-refractivity contribution >= 4 is 5.71 Å². The number of nitrogens with one attached hydrogen (secondary N) is 1. The first-order valence-electron chi connectivity index (χ1n) is 8.94. The Morgan fingerprint density at radius 2 is 1.89 bits per heavy atom. The van der Waals surface area contributed by atoms with Crippen molar-refractivity contribution in [2.75, 3.05) is 26.7 Å². The first-order valence-corrected chi connectivity index (χ1v) is 8.94. The molecule has 0 radical (unpaired) electrons. The van der Waals surface area contributed by atoms with Crippen molar-refractivity contribution < 1.29 is 4.74 Å². The van der Waals surface area contributed by atoms with Crippen LogP contribution in [0.2, 0.25) is 0 Å². The largest absolute Gasteiger partial charge is 0.494 e. The van der Waals surface area contributed by atoms with Gasteiger partial charge in [0.2, 0.25) is 0 Å². The molecule has 2 aliphatic rings. The summed E-state index contributed by atoms with van der Waals surface area (Å²) in [6, 6.07) is 13.8. The zero-order valence-electron chi connectivity index (χ0n) is 15.4. The van der Waals surface area contributed by atoms with E-state index in [2.05, 4.69) is 23.1 Å². The molecule has 1 aromatic rings. The maximum absolute atomic E-state index is 9.97. The van der Waals surface area contributed by atoms with E-state index in [9.17, 15) is 15.8 Å². The fourth-order valence-corrected chi connectivity index (χ4v) is 4.27. The molecule has 0 bridgehead atoms. The van der Waals surface area contributed by atoms with Crippen LogP contribution in [-0.4, -0.2) is 37.4 Å². The predicted molar refractivity (Wildman–Crippen MR) is 99.9 cm³/mol. The molecule has 1 N–H and O–H groups in total. The van der Waals surface area contributed by atoms with Crippen LogP contribution in [0, 0.1) is 56.7 Å². The first-order chi connectivity index (χ1) is 13.0. The molecule has 3 rings (SSSR count). The van der Waals surface area contributed by atoms with Crippen LogP contribution in [0.3, 0.4) is 0 Å². The van der Waals surface area contributed by atoms with Crippen LogP contribution in [-0.2, 0) is 0 Å². The van der Waals surface area contributed by atoms with Gasteiger partial charge in [-0.2, -0.15) is 15.8 Å². The molecule has 0 aromatic heterocycles. The van der Waals surface area contributed by atoms with E-state index < -0.39 is 17.3 Å². The number of nitriles is 3. The van der Waals surface area contributed by atoms with E-state index in [0.717, 1.165) is 16.9 Å². The van der Waals surface area contributed by atoms with Gasteiger partial charge < -0.3 is 15.0 Å². The summed E-state index contributed by atoms with van der Waals surface area (Å²) in [5.41, 5.74) is -0.0938. The van der Waals surface area contributed by atoms with Gasteiger partial charge in [-0.3, -0.25) is 0 Å². The molecule has 3 atom stereocenters. The monoisotopic (exact) mass is 359 g/mol. The molecule has 0 unspecified atom stereocenters. The van der Waals surface area contributed by atoms with Crippen LogP contribution in [0.1, 0.15) is 18.4 Å². The van der Waals surface area contributed by atoms with E-state index in [1.165, 1.54) is 0 Å². The SMILES string of the molecule is CCOc1ccc([C@H]2[C@H]3CN(C)CC=C3[C@H](C#N)C(=N)C2(C#N)C#N)cc1. The molecule has 0 saturated heterocycles. The highest BCUT2D eigenvalue weighted by Crippen LogP contribution is 2.53. The topological polar surface area (TPSA) is 108 Å². The first kappa shape index (κ1) is 18.6. The number of likely N-dealkylation sites (N-methyl/N-ethyl adjacent to an activating group) is 1. The Hall–Kier alpha value is -3.14. The Kier molecular flexibility index (Phi) is 5.00. The van der Waals surface area contributed by atoms with Gasteiger partial charge in [-0.15, -0.1) is 0 Å². The van der Waals surface area contributed by atoms with E-state index in [4.69, 9.17) is 10.1 Å². The number of ether oxygens (including phenoxy) is 1. The van der Waals surface area contributed by atoms with Crippen molar-refractivity contribution in [3.05, 3.63) is 41.5 Å². The van der Waals surface area contributed by atoms with E-state index in [1.54, 1.807) is 0 Å². The smallest absolute Gasteiger partial charge is 0.189 e. The minimum Gasteiger partial charge on any atom is -0.494 e. The van der Waals surface area contributed by atoms with E-state index in [-0.39, 0.29) is 11.6 Å². The molecule has 1 fully saturated rings. The Morgan fingerprint density at radius 3 is 2.44 bits per heavy atom. The average Bonchev–Trinajstić information content (AvgIpc) is 2.68. The van der Waals surface area contributed by atoms with E-state index in [1.807, 2.05) is 44.3 Å². The third kappa shape index (κ3) is 2.87. The van der Waals surface area contributed by atoms with Crippen molar-refractivity contribution in [2.24, 2.45) is 17.3 Å². The fourth-order valence-electron chi connectivity index (χ4n) is 4.27. The zero-order chi connectivity index (χ0) is 19.6. The second kappa shape index (κ2) is 7.23. The van der Waals surface area contributed by atoms with Crippen LogP contribution in [0.15, 0.2) is 35.9 Å². The summed E-state index contributed by atoms with van der Waals surface area (Å²) in [6.45, 7) is 3.79. The Labute approximate surface area is 159 Å². The summed E-state index contributed by atoms with van der Waals surface area (Å²) >= 11 is 0. The minimum absolute atomic E-state index is 0.110. The Morgan fingerprint density at radius 1 is 1.22 bits per heavy atom. The highest BCUT2D eigenvalue weighted by Gasteiger charge is 2.57. The summed E-state index contributed by atoms with van der Waals surface area (Å²) in [5, 5.41) is 38.2. The van der Waals surface area contributed by atoms with Gasteiger partial charge in [0.05, 0.1) is 30.5 Å². The van der Waals surface area contributed by atoms with Crippen molar-refractivity contribution in [3.63, 3.8) is 0 Å². The molecule has 0 amide bonds. The molecular formula is C21H21N5O. The molecule has 1 heterocycles. The number of fused-ring (bicyclic) bond motifs is 1. The number of hydrogen-bond acceptors (Lipinski definition) is 6. The van der Waals surface area contributed by atoms with Crippen molar-refractivity contribution in [1.29, 1.82) is 21.2 Å². The minimum atomic E-state index is -1.66. The van der Waals surface area contributed by atoms with Crippen molar-refractivity contribution in [3.8, 4) is 24.0 Å². The lowest BCUT2D eigenvalue weighted by atomic mass is 9.54. The van der Waals surface area contributed by atoms with Gasteiger partial charge in [0.25, 0.3) is 0 Å². The maximum atomic E-state index is 9.97. The molecule has 1 aliphatic heterocycles. The Balaban J connectivity index is 2.18. The summed E-state index contributed by atoms with van der Waals surface area (Å²) < 4.78 is 5.50. The highest BCUT2D eigenvalue weighted by atomic mass is 16.5. The quantitative estimate of drug-likeness (QED) is 0.835. The third-order valence-corrected chi connectivity index (χ3v) is 5.52. The lowest BCUT2D eigenvalue weighted by molar-refractivity contribution is 0.235. The van der Waals surface area contributed by atoms with Gasteiger partial charge >= 0.3 is 0 Å². The Bertz CT molecular complexity index is 882. The summed E-state index contributed by atoms with van der Waals surface area (Å²) in [6.07, 6.45) is 1.98. The van der Waals surface area contributed by atoms with Gasteiger partial charge in [0.15, 0.2) is 5.41 Å². The lowest BCUT2D eigenvalue weighted by Crippen LogP contribution is -2.52. The number of rotatable bonds is 3. The van der Waals surface area contributed by atoms with Gasteiger partial charge in [0, 0.05) is 24.9 Å². The molecule has 1 aromatic carbocycles. The molecule has 6 heteroatoms. The van der Waals surface area contributed by atoms with E-state index in [0.29, 0.717) is 19.7 Å².